The minimum Gasteiger partial charge on any atom is -0.493 e. The first-order chi connectivity index (χ1) is 9.85. The maximum absolute atomic E-state index is 5.55. The molecule has 3 heteroatoms. The first-order valence-electron chi connectivity index (χ1n) is 6.40. The highest BCUT2D eigenvalue weighted by Gasteiger charge is 2.14. The lowest BCUT2D eigenvalue weighted by atomic mass is 10.0. The predicted octanol–water partition coefficient (Wildman–Crippen LogP) is 3.92. The van der Waals surface area contributed by atoms with E-state index in [0.717, 1.165) is 27.8 Å². The maximum atomic E-state index is 5.55. The lowest BCUT2D eigenvalue weighted by Gasteiger charge is -2.13. The molecular weight excluding hydrogens is 250 g/mol. The number of fused-ring (bicyclic) bond motifs is 1. The van der Waals surface area contributed by atoms with Gasteiger partial charge >= 0.3 is 0 Å². The van der Waals surface area contributed by atoms with Gasteiger partial charge in [-0.3, -0.25) is 4.98 Å². The topological polar surface area (TPSA) is 31.4 Å². The molecule has 0 aliphatic rings. The molecule has 0 amide bonds. The van der Waals surface area contributed by atoms with Crippen molar-refractivity contribution < 1.29 is 9.47 Å². The highest BCUT2D eigenvalue weighted by Crippen LogP contribution is 2.40. The van der Waals surface area contributed by atoms with Gasteiger partial charge in [-0.25, -0.2) is 0 Å². The van der Waals surface area contributed by atoms with Gasteiger partial charge < -0.3 is 9.47 Å². The molecule has 20 heavy (non-hydrogen) atoms. The standard InChI is InChI=1S/C17H15NO2/c1-19-15-9-8-14-16(17(15)20-2)13(10-11-18-14)12-6-4-3-5-7-12/h3-11H,1-2H3. The molecule has 0 saturated heterocycles. The molecule has 100 valence electrons. The second-order valence-corrected chi connectivity index (χ2v) is 4.42. The van der Waals surface area contributed by atoms with Crippen LogP contribution in [-0.2, 0) is 0 Å². The third-order valence-electron chi connectivity index (χ3n) is 3.33. The molecule has 0 aliphatic carbocycles. The molecule has 2 aromatic carbocycles. The quantitative estimate of drug-likeness (QED) is 0.719. The van der Waals surface area contributed by atoms with E-state index in [1.165, 1.54) is 0 Å². The lowest BCUT2D eigenvalue weighted by Crippen LogP contribution is -1.94. The number of rotatable bonds is 3. The Kier molecular flexibility index (Phi) is 3.25. The van der Waals surface area contributed by atoms with Crippen LogP contribution < -0.4 is 9.47 Å². The van der Waals surface area contributed by atoms with Crippen LogP contribution in [0.3, 0.4) is 0 Å². The Balaban J connectivity index is 2.38. The summed E-state index contributed by atoms with van der Waals surface area (Å²) in [5.74, 6) is 1.43. The Labute approximate surface area is 117 Å². The average molecular weight is 265 g/mol. The Morgan fingerprint density at radius 3 is 2.35 bits per heavy atom. The van der Waals surface area contributed by atoms with E-state index in [2.05, 4.69) is 17.1 Å². The zero-order valence-electron chi connectivity index (χ0n) is 11.5. The van der Waals surface area contributed by atoms with Gasteiger partial charge in [0.15, 0.2) is 11.5 Å². The summed E-state index contributed by atoms with van der Waals surface area (Å²) in [5.41, 5.74) is 3.11. The van der Waals surface area contributed by atoms with Gasteiger partial charge in [0.05, 0.1) is 25.1 Å². The summed E-state index contributed by atoms with van der Waals surface area (Å²) >= 11 is 0. The average Bonchev–Trinajstić information content (AvgIpc) is 2.53. The van der Waals surface area contributed by atoms with E-state index in [-0.39, 0.29) is 0 Å². The number of hydrogen-bond donors (Lipinski definition) is 0. The third kappa shape index (κ3) is 1.97. The molecule has 0 N–H and O–H groups in total. The zero-order valence-corrected chi connectivity index (χ0v) is 11.5. The van der Waals surface area contributed by atoms with Gasteiger partial charge in [-0.05, 0) is 29.3 Å². The Hall–Kier alpha value is -2.55. The molecule has 0 bridgehead atoms. The van der Waals surface area contributed by atoms with Crippen molar-refractivity contribution in [2.24, 2.45) is 0 Å². The normalized spacial score (nSPS) is 10.5. The van der Waals surface area contributed by atoms with Gasteiger partial charge in [-0.15, -0.1) is 0 Å². The van der Waals surface area contributed by atoms with Crippen molar-refractivity contribution in [3.63, 3.8) is 0 Å². The summed E-state index contributed by atoms with van der Waals surface area (Å²) in [7, 11) is 3.29. The van der Waals surface area contributed by atoms with Gasteiger partial charge in [0.25, 0.3) is 0 Å². The molecule has 0 fully saturated rings. The highest BCUT2D eigenvalue weighted by molar-refractivity contribution is 6.00. The number of nitrogens with zero attached hydrogens (tertiary/aromatic N) is 1. The van der Waals surface area contributed by atoms with Crippen LogP contribution in [0.1, 0.15) is 0 Å². The second kappa shape index (κ2) is 5.21. The third-order valence-corrected chi connectivity index (χ3v) is 3.33. The molecule has 0 saturated carbocycles. The monoisotopic (exact) mass is 265 g/mol. The number of methoxy groups -OCH3 is 2. The molecule has 0 atom stereocenters. The molecule has 3 nitrogen and oxygen atoms in total. The molecule has 0 radical (unpaired) electrons. The van der Waals surface area contributed by atoms with E-state index in [9.17, 15) is 0 Å². The molecule has 3 aromatic rings. The van der Waals surface area contributed by atoms with E-state index in [1.54, 1.807) is 14.2 Å². The van der Waals surface area contributed by atoms with Crippen molar-refractivity contribution in [3.8, 4) is 22.6 Å². The van der Waals surface area contributed by atoms with Crippen LogP contribution >= 0.6 is 0 Å². The smallest absolute Gasteiger partial charge is 0.170 e. The summed E-state index contributed by atoms with van der Waals surface area (Å²) < 4.78 is 10.9. The van der Waals surface area contributed by atoms with Crippen molar-refractivity contribution in [2.75, 3.05) is 14.2 Å². The Bertz CT molecular complexity index is 739. The van der Waals surface area contributed by atoms with E-state index >= 15 is 0 Å². The van der Waals surface area contributed by atoms with E-state index in [0.29, 0.717) is 5.75 Å². The first-order valence-corrected chi connectivity index (χ1v) is 6.40. The summed E-state index contributed by atoms with van der Waals surface area (Å²) in [5, 5.41) is 0.973. The van der Waals surface area contributed by atoms with Crippen molar-refractivity contribution in [2.45, 2.75) is 0 Å². The fraction of sp³-hybridized carbons (Fsp3) is 0.118. The van der Waals surface area contributed by atoms with Crippen LogP contribution in [0.4, 0.5) is 0 Å². The fourth-order valence-electron chi connectivity index (χ4n) is 2.42. The molecular formula is C17H15NO2. The minimum absolute atomic E-state index is 0.713. The van der Waals surface area contributed by atoms with Crippen molar-refractivity contribution in [3.05, 3.63) is 54.7 Å². The Morgan fingerprint density at radius 1 is 0.850 bits per heavy atom. The largest absolute Gasteiger partial charge is 0.493 e. The van der Waals surface area contributed by atoms with Gasteiger partial charge in [0.1, 0.15) is 0 Å². The van der Waals surface area contributed by atoms with E-state index in [1.807, 2.05) is 42.6 Å². The number of aromatic nitrogens is 1. The number of hydrogen-bond acceptors (Lipinski definition) is 3. The van der Waals surface area contributed by atoms with Crippen molar-refractivity contribution in [1.82, 2.24) is 4.98 Å². The van der Waals surface area contributed by atoms with Gasteiger partial charge in [-0.2, -0.15) is 0 Å². The highest BCUT2D eigenvalue weighted by atomic mass is 16.5. The summed E-state index contributed by atoms with van der Waals surface area (Å²) in [4.78, 5) is 4.42. The van der Waals surface area contributed by atoms with Crippen LogP contribution in [0.2, 0.25) is 0 Å². The Morgan fingerprint density at radius 2 is 1.65 bits per heavy atom. The van der Waals surface area contributed by atoms with Crippen LogP contribution in [0.5, 0.6) is 11.5 Å². The first kappa shape index (κ1) is 12.5. The van der Waals surface area contributed by atoms with Crippen molar-refractivity contribution in [1.29, 1.82) is 0 Å². The number of benzene rings is 2. The summed E-state index contributed by atoms with van der Waals surface area (Å²) in [6.45, 7) is 0. The minimum atomic E-state index is 0.713. The van der Waals surface area contributed by atoms with Gasteiger partial charge in [-0.1, -0.05) is 30.3 Å². The predicted molar refractivity (Wildman–Crippen MR) is 80.3 cm³/mol. The molecule has 1 aromatic heterocycles. The number of ether oxygens (including phenoxy) is 2. The molecule has 1 heterocycles. The van der Waals surface area contributed by atoms with E-state index < -0.39 is 0 Å². The summed E-state index contributed by atoms with van der Waals surface area (Å²) in [6.07, 6.45) is 1.82. The maximum Gasteiger partial charge on any atom is 0.170 e. The fourth-order valence-corrected chi connectivity index (χ4v) is 2.42. The lowest BCUT2D eigenvalue weighted by molar-refractivity contribution is 0.358. The molecule has 0 unspecified atom stereocenters. The van der Waals surface area contributed by atoms with Crippen LogP contribution in [0.15, 0.2) is 54.7 Å². The van der Waals surface area contributed by atoms with Crippen molar-refractivity contribution >= 4 is 10.9 Å². The van der Waals surface area contributed by atoms with Gasteiger partial charge in [0.2, 0.25) is 0 Å². The summed E-state index contributed by atoms with van der Waals surface area (Å²) in [6, 6.07) is 16.0. The second-order valence-electron chi connectivity index (χ2n) is 4.42. The molecule has 3 rings (SSSR count). The van der Waals surface area contributed by atoms with Crippen LogP contribution in [0, 0.1) is 0 Å². The molecule has 0 spiro atoms. The van der Waals surface area contributed by atoms with Crippen LogP contribution in [-0.4, -0.2) is 19.2 Å². The molecule has 0 aliphatic heterocycles. The SMILES string of the molecule is COc1ccc2nccc(-c3ccccc3)c2c1OC. The van der Waals surface area contributed by atoms with E-state index in [4.69, 9.17) is 9.47 Å². The zero-order chi connectivity index (χ0) is 13.9. The van der Waals surface area contributed by atoms with Gasteiger partial charge in [0, 0.05) is 6.20 Å². The van der Waals surface area contributed by atoms with Crippen LogP contribution in [0.25, 0.3) is 22.0 Å². The number of pyridine rings is 1.